The number of hydrogen-bond donors (Lipinski definition) is 1. The fourth-order valence-corrected chi connectivity index (χ4v) is 6.10. The van der Waals surface area contributed by atoms with Gasteiger partial charge in [0, 0.05) is 42.5 Å². The Morgan fingerprint density at radius 3 is 2.76 bits per heavy atom. The summed E-state index contributed by atoms with van der Waals surface area (Å²) < 4.78 is 32.1. The predicted octanol–water partition coefficient (Wildman–Crippen LogP) is 3.86. The van der Waals surface area contributed by atoms with Crippen molar-refractivity contribution in [3.05, 3.63) is 71.0 Å². The summed E-state index contributed by atoms with van der Waals surface area (Å²) in [6, 6.07) is 6.25. The molecule has 6 heterocycles. The molecule has 2 fully saturated rings. The number of fused-ring (bicyclic) bond motifs is 1. The van der Waals surface area contributed by atoms with Crippen molar-refractivity contribution < 1.29 is 13.6 Å². The lowest BCUT2D eigenvalue weighted by Gasteiger charge is -2.36. The number of amides is 1. The summed E-state index contributed by atoms with van der Waals surface area (Å²) >= 11 is 6.12. The molecule has 0 spiro atoms. The molecule has 3 aliphatic heterocycles. The summed E-state index contributed by atoms with van der Waals surface area (Å²) in [5.41, 5.74) is 1.86. The maximum absolute atomic E-state index is 15.4. The molecule has 1 aromatic carbocycles. The van der Waals surface area contributed by atoms with Crippen molar-refractivity contribution in [2.24, 2.45) is 5.92 Å². The molecule has 3 aromatic heterocycles. The number of imidazole rings is 1. The van der Waals surface area contributed by atoms with Gasteiger partial charge in [-0.2, -0.15) is 9.94 Å². The number of tetrazole rings is 1. The second-order valence-electron chi connectivity index (χ2n) is 10.3. The fourth-order valence-electron chi connectivity index (χ4n) is 5.94. The summed E-state index contributed by atoms with van der Waals surface area (Å²) in [6.45, 7) is 0.870. The zero-order valence-electron chi connectivity index (χ0n) is 21.4. The van der Waals surface area contributed by atoms with Gasteiger partial charge in [-0.15, -0.1) is 5.10 Å². The smallest absolute Gasteiger partial charge is 0.247 e. The Bertz CT molecular complexity index is 1740. The van der Waals surface area contributed by atoms with E-state index >= 15 is 8.78 Å². The zero-order valence-corrected chi connectivity index (χ0v) is 22.1. The third-order valence-corrected chi connectivity index (χ3v) is 8.23. The van der Waals surface area contributed by atoms with Gasteiger partial charge >= 0.3 is 0 Å². The number of anilines is 1. The van der Waals surface area contributed by atoms with Crippen molar-refractivity contribution >= 4 is 28.9 Å². The van der Waals surface area contributed by atoms with Crippen LogP contribution in [0.5, 0.6) is 0 Å². The molecule has 1 amide bonds. The highest BCUT2D eigenvalue weighted by molar-refractivity contribution is 6.31. The number of H-pyrrole nitrogens is 1. The molecular weight excluding hydrogens is 554 g/mol. The number of aromatic amines is 1. The van der Waals surface area contributed by atoms with Crippen molar-refractivity contribution in [2.75, 3.05) is 18.0 Å². The van der Waals surface area contributed by atoms with Crippen molar-refractivity contribution in [1.29, 1.82) is 5.26 Å². The Kier molecular flexibility index (Phi) is 6.01. The standard InChI is InChI=1S/C27H21ClF2N10O/c28-18-2-4-20(39-13-34-36-37-39)23(25(18)30)15-7-16-1-3-21(40(16)22(41)8-15)26-33-10-19(35-26)17-5-6-32-27(24(17)29)38-11-14(9-31)12-38/h2,4-6,8,10,13-14,16,21H,1,3,7,11-12H2,(H,33,35)/t16-,21-/m1/s1. The lowest BCUT2D eigenvalue weighted by atomic mass is 9.92. The van der Waals surface area contributed by atoms with Crippen molar-refractivity contribution in [3.8, 4) is 23.0 Å². The Morgan fingerprint density at radius 1 is 1.12 bits per heavy atom. The molecule has 11 nitrogen and oxygen atoms in total. The third-order valence-electron chi connectivity index (χ3n) is 7.94. The van der Waals surface area contributed by atoms with Crippen LogP contribution in [0.3, 0.4) is 0 Å². The molecule has 2 atom stereocenters. The number of nitrogens with one attached hydrogen (secondary N) is 1. The molecule has 0 unspecified atom stereocenters. The first kappa shape index (κ1) is 25.3. The predicted molar refractivity (Wildman–Crippen MR) is 142 cm³/mol. The van der Waals surface area contributed by atoms with E-state index in [2.05, 4.69) is 36.5 Å². The highest BCUT2D eigenvalue weighted by Gasteiger charge is 2.42. The van der Waals surface area contributed by atoms with Gasteiger partial charge in [0.1, 0.15) is 12.2 Å². The lowest BCUT2D eigenvalue weighted by Crippen LogP contribution is -2.46. The molecule has 41 heavy (non-hydrogen) atoms. The Hall–Kier alpha value is -4.70. The minimum Gasteiger partial charge on any atom is -0.351 e. The van der Waals surface area contributed by atoms with E-state index in [4.69, 9.17) is 16.9 Å². The van der Waals surface area contributed by atoms with Crippen LogP contribution in [-0.4, -0.2) is 65.1 Å². The second kappa shape index (κ2) is 9.74. The monoisotopic (exact) mass is 574 g/mol. The van der Waals surface area contributed by atoms with Crippen molar-refractivity contribution in [3.63, 3.8) is 0 Å². The Morgan fingerprint density at radius 2 is 1.98 bits per heavy atom. The number of hydrogen-bond acceptors (Lipinski definition) is 8. The third kappa shape index (κ3) is 4.13. The van der Waals surface area contributed by atoms with Crippen LogP contribution in [0.25, 0.3) is 22.5 Å². The molecule has 0 bridgehead atoms. The van der Waals surface area contributed by atoms with Gasteiger partial charge in [0.05, 0.1) is 40.6 Å². The van der Waals surface area contributed by atoms with Gasteiger partial charge in [-0.25, -0.2) is 18.7 Å². The second-order valence-corrected chi connectivity index (χ2v) is 10.7. The van der Waals surface area contributed by atoms with E-state index in [1.165, 1.54) is 29.3 Å². The molecule has 206 valence electrons. The van der Waals surface area contributed by atoms with Crippen molar-refractivity contribution in [1.82, 2.24) is 40.1 Å². The highest BCUT2D eigenvalue weighted by Crippen LogP contribution is 2.44. The summed E-state index contributed by atoms with van der Waals surface area (Å²) in [5.74, 6) is -0.802. The molecule has 7 rings (SSSR count). The Balaban J connectivity index is 1.17. The van der Waals surface area contributed by atoms with E-state index in [0.717, 1.165) is 0 Å². The van der Waals surface area contributed by atoms with Crippen LogP contribution in [-0.2, 0) is 4.79 Å². The van der Waals surface area contributed by atoms with Crippen LogP contribution < -0.4 is 4.90 Å². The number of benzene rings is 1. The minimum atomic E-state index is -0.641. The number of carbonyl (C=O) groups is 1. The van der Waals surface area contributed by atoms with Gasteiger partial charge in [-0.3, -0.25) is 4.79 Å². The first-order valence-corrected chi connectivity index (χ1v) is 13.4. The average Bonchev–Trinajstić information content (AvgIpc) is 3.71. The zero-order chi connectivity index (χ0) is 28.2. The van der Waals surface area contributed by atoms with Gasteiger partial charge in [0.25, 0.3) is 0 Å². The fraction of sp³-hybridized carbons (Fsp3) is 0.296. The van der Waals surface area contributed by atoms with E-state index in [1.807, 2.05) is 0 Å². The maximum Gasteiger partial charge on any atom is 0.247 e. The number of rotatable bonds is 5. The molecule has 14 heteroatoms. The maximum atomic E-state index is 15.4. The van der Waals surface area contributed by atoms with E-state index in [1.54, 1.807) is 28.1 Å². The van der Waals surface area contributed by atoms with Crippen LogP contribution in [0.4, 0.5) is 14.6 Å². The van der Waals surface area contributed by atoms with E-state index < -0.39 is 11.6 Å². The summed E-state index contributed by atoms with van der Waals surface area (Å²) in [7, 11) is 0. The average molecular weight is 575 g/mol. The van der Waals surface area contributed by atoms with Crippen LogP contribution in [0.15, 0.2) is 43.0 Å². The normalized spacial score (nSPS) is 20.5. The van der Waals surface area contributed by atoms with E-state index in [0.29, 0.717) is 60.7 Å². The largest absolute Gasteiger partial charge is 0.351 e. The van der Waals surface area contributed by atoms with Crippen LogP contribution in [0.2, 0.25) is 5.02 Å². The SMILES string of the molecule is N#CC1CN(c2nccc(-c3cnc([C@H]4CC[C@@H]5CC(c6c(-n7cnnn7)ccc(Cl)c6F)=CC(=O)N54)[nH]3)c2F)C1. The number of pyridine rings is 1. The number of nitriles is 1. The van der Waals surface area contributed by atoms with Gasteiger partial charge in [-0.05, 0) is 53.5 Å². The first-order valence-electron chi connectivity index (χ1n) is 13.0. The summed E-state index contributed by atoms with van der Waals surface area (Å²) in [4.78, 5) is 28.9. The number of nitrogens with zero attached hydrogens (tertiary/aromatic N) is 9. The number of aromatic nitrogens is 7. The lowest BCUT2D eigenvalue weighted by molar-refractivity contribution is -0.129. The molecule has 4 aromatic rings. The topological polar surface area (TPSA) is 133 Å². The Labute approximate surface area is 237 Å². The van der Waals surface area contributed by atoms with Gasteiger partial charge < -0.3 is 14.8 Å². The quantitative estimate of drug-likeness (QED) is 0.380. The molecule has 2 saturated heterocycles. The van der Waals surface area contributed by atoms with E-state index in [-0.39, 0.29) is 40.3 Å². The molecule has 1 N–H and O–H groups in total. The molecular formula is C27H21ClF2N10O. The van der Waals surface area contributed by atoms with Crippen molar-refractivity contribution in [2.45, 2.75) is 31.3 Å². The number of halogens is 3. The van der Waals surface area contributed by atoms with E-state index in [9.17, 15) is 4.79 Å². The minimum absolute atomic E-state index is 0.0643. The molecule has 0 radical (unpaired) electrons. The summed E-state index contributed by atoms with van der Waals surface area (Å²) in [6.07, 6.45) is 7.57. The van der Waals surface area contributed by atoms with Crippen LogP contribution in [0, 0.1) is 28.9 Å². The molecule has 0 aliphatic carbocycles. The molecule has 3 aliphatic rings. The number of carbonyl (C=O) groups excluding carboxylic acids is 1. The van der Waals surface area contributed by atoms with Gasteiger partial charge in [0.2, 0.25) is 5.91 Å². The van der Waals surface area contributed by atoms with Gasteiger partial charge in [-0.1, -0.05) is 11.6 Å². The first-order chi connectivity index (χ1) is 19.9. The summed E-state index contributed by atoms with van der Waals surface area (Å²) in [5, 5.41) is 20.1. The van der Waals surface area contributed by atoms with Gasteiger partial charge in [0.15, 0.2) is 17.5 Å². The van der Waals surface area contributed by atoms with Crippen LogP contribution >= 0.6 is 11.6 Å². The van der Waals surface area contributed by atoms with Crippen LogP contribution in [0.1, 0.15) is 36.7 Å². The highest BCUT2D eigenvalue weighted by atomic mass is 35.5. The molecule has 0 saturated carbocycles.